The Morgan fingerprint density at radius 2 is 1.63 bits per heavy atom. The van der Waals surface area contributed by atoms with Gasteiger partial charge in [-0.1, -0.05) is 12.1 Å². The molecule has 0 aliphatic heterocycles. The highest BCUT2D eigenvalue weighted by Crippen LogP contribution is 2.21. The van der Waals surface area contributed by atoms with Crippen LogP contribution in [0.1, 0.15) is 5.56 Å². The largest absolute Gasteiger partial charge is 0.435 e. The maximum absolute atomic E-state index is 12.5. The van der Waals surface area contributed by atoms with Gasteiger partial charge in [-0.15, -0.1) is 0 Å². The second-order valence-electron chi connectivity index (χ2n) is 3.69. The molecule has 0 amide bonds. The van der Waals surface area contributed by atoms with E-state index in [4.69, 9.17) is 0 Å². The van der Waals surface area contributed by atoms with Gasteiger partial charge in [0.05, 0.1) is 6.54 Å². The van der Waals surface area contributed by atoms with Crippen LogP contribution >= 0.6 is 0 Å². The normalized spacial score (nSPS) is 12.2. The molecule has 0 aliphatic carbocycles. The molecule has 0 aliphatic rings. The molecule has 0 aromatic heterocycles. The Balaban J connectivity index is 2.42. The minimum atomic E-state index is -4.10. The number of hydrogen-bond acceptors (Lipinski definition) is 2. The summed E-state index contributed by atoms with van der Waals surface area (Å²) >= 11 is 0. The van der Waals surface area contributed by atoms with Crippen molar-refractivity contribution in [2.75, 3.05) is 6.54 Å². The zero-order chi connectivity index (χ0) is 14.5. The minimum Gasteiger partial charge on any atom is -0.435 e. The number of rotatable bonds is 7. The monoisotopic (exact) mass is 287 g/mol. The first kappa shape index (κ1) is 15.6. The lowest BCUT2D eigenvalue weighted by Crippen LogP contribution is -2.38. The predicted octanol–water partition coefficient (Wildman–Crippen LogP) is 3.28. The third kappa shape index (κ3) is 5.37. The number of nitrogens with one attached hydrogen (secondary N) is 1. The van der Waals surface area contributed by atoms with E-state index in [1.807, 2.05) is 0 Å². The van der Waals surface area contributed by atoms with Gasteiger partial charge >= 0.3 is 19.0 Å². The van der Waals surface area contributed by atoms with Gasteiger partial charge < -0.3 is 10.1 Å². The van der Waals surface area contributed by atoms with Gasteiger partial charge in [0.2, 0.25) is 0 Å². The van der Waals surface area contributed by atoms with E-state index in [1.54, 1.807) is 0 Å². The molecule has 0 atom stereocenters. The first-order valence-electron chi connectivity index (χ1n) is 5.21. The molecule has 1 N–H and O–H groups in total. The molecule has 0 saturated heterocycles. The Morgan fingerprint density at radius 1 is 1.05 bits per heavy atom. The molecule has 2 nitrogen and oxygen atoms in total. The maximum atomic E-state index is 12.5. The molecular weight excluding hydrogens is 276 g/mol. The van der Waals surface area contributed by atoms with Crippen molar-refractivity contribution in [2.24, 2.45) is 0 Å². The average Bonchev–Trinajstić information content (AvgIpc) is 2.30. The van der Waals surface area contributed by atoms with Crippen molar-refractivity contribution in [3.63, 3.8) is 0 Å². The summed E-state index contributed by atoms with van der Waals surface area (Å²) in [6, 6.07) is 5.19. The summed E-state index contributed by atoms with van der Waals surface area (Å²) in [5.41, 5.74) is 0.478. The number of alkyl halides is 6. The van der Waals surface area contributed by atoms with E-state index in [2.05, 4.69) is 10.1 Å². The number of ether oxygens (including phenoxy) is 1. The second-order valence-corrected chi connectivity index (χ2v) is 3.69. The topological polar surface area (TPSA) is 21.3 Å². The summed E-state index contributed by atoms with van der Waals surface area (Å²) in [6.45, 7) is -4.20. The van der Waals surface area contributed by atoms with Crippen molar-refractivity contribution in [1.29, 1.82) is 0 Å². The number of halogens is 6. The highest BCUT2D eigenvalue weighted by atomic mass is 19.3. The van der Waals surface area contributed by atoms with Gasteiger partial charge in [0.15, 0.2) is 0 Å². The molecule has 0 unspecified atom stereocenters. The van der Waals surface area contributed by atoms with Crippen molar-refractivity contribution in [2.45, 2.75) is 25.5 Å². The van der Waals surface area contributed by atoms with Gasteiger partial charge in [-0.05, 0) is 17.7 Å². The van der Waals surface area contributed by atoms with E-state index in [0.717, 1.165) is 0 Å². The molecule has 108 valence electrons. The molecule has 0 radical (unpaired) electrons. The SMILES string of the molecule is FC(F)Oc1ccc(CNCC(F)(F)C(F)F)cc1. The first-order valence-corrected chi connectivity index (χ1v) is 5.21. The van der Waals surface area contributed by atoms with Crippen LogP contribution in [0.3, 0.4) is 0 Å². The molecule has 1 aromatic rings. The van der Waals surface area contributed by atoms with Gasteiger partial charge in [-0.25, -0.2) is 8.78 Å². The molecule has 8 heteroatoms. The minimum absolute atomic E-state index is 0.0725. The number of benzene rings is 1. The van der Waals surface area contributed by atoms with Crippen molar-refractivity contribution < 1.29 is 31.1 Å². The zero-order valence-electron chi connectivity index (χ0n) is 9.55. The van der Waals surface area contributed by atoms with Crippen molar-refractivity contribution in [1.82, 2.24) is 5.32 Å². The van der Waals surface area contributed by atoms with Crippen LogP contribution in [0.4, 0.5) is 26.3 Å². The van der Waals surface area contributed by atoms with E-state index in [0.29, 0.717) is 5.56 Å². The van der Waals surface area contributed by atoms with Gasteiger partial charge in [-0.2, -0.15) is 17.6 Å². The third-order valence-electron chi connectivity index (χ3n) is 2.16. The molecule has 0 saturated carbocycles. The van der Waals surface area contributed by atoms with E-state index in [1.165, 1.54) is 24.3 Å². The summed E-state index contributed by atoms with van der Waals surface area (Å²) in [5, 5.41) is 2.16. The Labute approximate surface area is 105 Å². The van der Waals surface area contributed by atoms with Gasteiger partial charge in [0.25, 0.3) is 0 Å². The fourth-order valence-corrected chi connectivity index (χ4v) is 1.24. The van der Waals surface area contributed by atoms with Crippen LogP contribution in [0.2, 0.25) is 0 Å². The predicted molar refractivity (Wildman–Crippen MR) is 55.7 cm³/mol. The van der Waals surface area contributed by atoms with Crippen LogP contribution in [-0.4, -0.2) is 25.5 Å². The standard InChI is InChI=1S/C11H11F6NO/c12-9(13)11(16,17)6-18-5-7-1-3-8(4-2-7)19-10(14)15/h1-4,9-10,18H,5-6H2. The lowest BCUT2D eigenvalue weighted by Gasteiger charge is -2.15. The lowest BCUT2D eigenvalue weighted by atomic mass is 10.2. The summed E-state index contributed by atoms with van der Waals surface area (Å²) in [4.78, 5) is 0. The van der Waals surface area contributed by atoms with Crippen LogP contribution in [0, 0.1) is 0 Å². The summed E-state index contributed by atoms with van der Waals surface area (Å²) < 4.78 is 76.5. The van der Waals surface area contributed by atoms with E-state index in [9.17, 15) is 26.3 Å². The van der Waals surface area contributed by atoms with Crippen LogP contribution in [0.25, 0.3) is 0 Å². The molecule has 0 fully saturated rings. The Morgan fingerprint density at radius 3 is 2.11 bits per heavy atom. The Hall–Kier alpha value is -1.44. The summed E-state index contributed by atoms with van der Waals surface area (Å²) in [5.74, 6) is -4.17. The highest BCUT2D eigenvalue weighted by molar-refractivity contribution is 5.27. The van der Waals surface area contributed by atoms with Crippen molar-refractivity contribution in [3.05, 3.63) is 29.8 Å². The summed E-state index contributed by atoms with van der Waals surface area (Å²) in [7, 11) is 0. The fourth-order valence-electron chi connectivity index (χ4n) is 1.24. The van der Waals surface area contributed by atoms with Crippen LogP contribution in [0.5, 0.6) is 5.75 Å². The molecule has 1 rings (SSSR count). The third-order valence-corrected chi connectivity index (χ3v) is 2.16. The summed E-state index contributed by atoms with van der Waals surface area (Å²) in [6.07, 6.45) is -3.73. The first-order chi connectivity index (χ1) is 8.81. The zero-order valence-corrected chi connectivity index (χ0v) is 9.55. The Bertz CT molecular complexity index is 381. The van der Waals surface area contributed by atoms with Crippen molar-refractivity contribution in [3.8, 4) is 5.75 Å². The molecule has 1 aromatic carbocycles. The van der Waals surface area contributed by atoms with Gasteiger partial charge in [0.1, 0.15) is 5.75 Å². The van der Waals surface area contributed by atoms with E-state index < -0.39 is 25.5 Å². The van der Waals surface area contributed by atoms with Crippen molar-refractivity contribution >= 4 is 0 Å². The molecule has 19 heavy (non-hydrogen) atoms. The van der Waals surface area contributed by atoms with E-state index >= 15 is 0 Å². The Kier molecular flexibility index (Phi) is 5.46. The smallest absolute Gasteiger partial charge is 0.387 e. The molecular formula is C11H11F6NO. The van der Waals surface area contributed by atoms with Gasteiger partial charge in [-0.3, -0.25) is 0 Å². The number of hydrogen-bond donors (Lipinski definition) is 1. The quantitative estimate of drug-likeness (QED) is 0.777. The average molecular weight is 287 g/mol. The van der Waals surface area contributed by atoms with Crippen LogP contribution < -0.4 is 10.1 Å². The maximum Gasteiger partial charge on any atom is 0.387 e. The van der Waals surface area contributed by atoms with Crippen LogP contribution in [-0.2, 0) is 6.54 Å². The molecule has 0 spiro atoms. The van der Waals surface area contributed by atoms with Crippen LogP contribution in [0.15, 0.2) is 24.3 Å². The second kappa shape index (κ2) is 6.65. The highest BCUT2D eigenvalue weighted by Gasteiger charge is 2.39. The molecule has 0 bridgehead atoms. The van der Waals surface area contributed by atoms with Gasteiger partial charge in [0, 0.05) is 6.54 Å². The van der Waals surface area contributed by atoms with E-state index in [-0.39, 0.29) is 12.3 Å². The fraction of sp³-hybridized carbons (Fsp3) is 0.455. The lowest BCUT2D eigenvalue weighted by molar-refractivity contribution is -0.125. The molecule has 0 heterocycles.